The molecule has 0 aliphatic carbocycles. The highest BCUT2D eigenvalue weighted by Gasteiger charge is 2.15. The number of imidazole rings is 1. The molecule has 7 heteroatoms. The summed E-state index contributed by atoms with van der Waals surface area (Å²) in [6, 6.07) is 2.88. The first kappa shape index (κ1) is 13.2. The van der Waals surface area contributed by atoms with E-state index in [0.717, 1.165) is 5.82 Å². The van der Waals surface area contributed by atoms with Crippen molar-refractivity contribution in [3.8, 4) is 0 Å². The molecule has 1 aromatic carbocycles. The number of nitrogen functional groups attached to an aromatic ring is 1. The summed E-state index contributed by atoms with van der Waals surface area (Å²) < 4.78 is 1.83. The Bertz CT molecular complexity index is 624. The number of benzene rings is 1. The zero-order chi connectivity index (χ0) is 14.0. The fourth-order valence-corrected chi connectivity index (χ4v) is 2.00. The van der Waals surface area contributed by atoms with E-state index in [1.807, 2.05) is 11.6 Å². The standard InChI is InChI=1S/C12H13ClN4O2/c1-17-3-2-15-10(17)6-16-11-8(12(18)19)4-7(14)5-9(11)13/h2-5,16H,6,14H2,1H3,(H,18,19). The molecule has 0 saturated heterocycles. The number of aromatic carboxylic acids is 1. The van der Waals surface area contributed by atoms with Gasteiger partial charge in [0.1, 0.15) is 5.82 Å². The fraction of sp³-hybridized carbons (Fsp3) is 0.167. The Morgan fingerprint density at radius 2 is 2.32 bits per heavy atom. The number of nitrogens with two attached hydrogens (primary N) is 1. The lowest BCUT2D eigenvalue weighted by atomic mass is 10.1. The van der Waals surface area contributed by atoms with Crippen LogP contribution in [0.1, 0.15) is 16.2 Å². The molecule has 0 saturated carbocycles. The summed E-state index contributed by atoms with van der Waals surface area (Å²) in [5.74, 6) is -0.319. The van der Waals surface area contributed by atoms with Crippen LogP contribution in [-0.2, 0) is 13.6 Å². The zero-order valence-electron chi connectivity index (χ0n) is 10.2. The van der Waals surface area contributed by atoms with Crippen LogP contribution in [0, 0.1) is 0 Å². The minimum atomic E-state index is -1.09. The van der Waals surface area contributed by atoms with Crippen molar-refractivity contribution in [1.29, 1.82) is 0 Å². The molecule has 100 valence electrons. The highest BCUT2D eigenvalue weighted by Crippen LogP contribution is 2.29. The summed E-state index contributed by atoms with van der Waals surface area (Å²) in [6.07, 6.45) is 3.47. The summed E-state index contributed by atoms with van der Waals surface area (Å²) in [7, 11) is 1.85. The Hall–Kier alpha value is -2.21. The van der Waals surface area contributed by atoms with Gasteiger partial charge in [-0.25, -0.2) is 9.78 Å². The second kappa shape index (κ2) is 5.19. The molecule has 0 aliphatic rings. The topological polar surface area (TPSA) is 93.2 Å². The molecule has 0 aliphatic heterocycles. The van der Waals surface area contributed by atoms with Crippen molar-refractivity contribution in [1.82, 2.24) is 9.55 Å². The number of carboxylic acids is 1. The van der Waals surface area contributed by atoms with Gasteiger partial charge in [-0.15, -0.1) is 0 Å². The van der Waals surface area contributed by atoms with Crippen LogP contribution in [-0.4, -0.2) is 20.6 Å². The molecule has 4 N–H and O–H groups in total. The monoisotopic (exact) mass is 280 g/mol. The van der Waals surface area contributed by atoms with Gasteiger partial charge in [0.25, 0.3) is 0 Å². The molecule has 2 rings (SSSR count). The Kier molecular flexibility index (Phi) is 3.62. The van der Waals surface area contributed by atoms with Crippen LogP contribution in [0.25, 0.3) is 0 Å². The van der Waals surface area contributed by atoms with Crippen LogP contribution in [0.2, 0.25) is 5.02 Å². The quantitative estimate of drug-likeness (QED) is 0.745. The predicted molar refractivity (Wildman–Crippen MR) is 73.4 cm³/mol. The van der Waals surface area contributed by atoms with E-state index in [0.29, 0.717) is 17.9 Å². The number of rotatable bonds is 4. The number of carboxylic acid groups (broad SMARTS) is 1. The maximum Gasteiger partial charge on any atom is 0.337 e. The van der Waals surface area contributed by atoms with Gasteiger partial charge >= 0.3 is 5.97 Å². The fourth-order valence-electron chi connectivity index (χ4n) is 1.71. The first-order chi connectivity index (χ1) is 8.99. The van der Waals surface area contributed by atoms with E-state index in [2.05, 4.69) is 10.3 Å². The van der Waals surface area contributed by atoms with E-state index in [-0.39, 0.29) is 10.6 Å². The third-order valence-corrected chi connectivity index (χ3v) is 2.99. The van der Waals surface area contributed by atoms with Gasteiger partial charge in [-0.3, -0.25) is 0 Å². The molecule has 2 aromatic rings. The Morgan fingerprint density at radius 3 is 2.89 bits per heavy atom. The first-order valence-electron chi connectivity index (χ1n) is 5.51. The Balaban J connectivity index is 2.29. The zero-order valence-corrected chi connectivity index (χ0v) is 11.0. The van der Waals surface area contributed by atoms with E-state index in [9.17, 15) is 4.79 Å². The molecule has 1 heterocycles. The highest BCUT2D eigenvalue weighted by molar-refractivity contribution is 6.34. The van der Waals surface area contributed by atoms with Crippen LogP contribution in [0.3, 0.4) is 0 Å². The van der Waals surface area contributed by atoms with Crippen molar-refractivity contribution in [3.05, 3.63) is 40.9 Å². The predicted octanol–water partition coefficient (Wildman–Crippen LogP) is 1.97. The molecule has 6 nitrogen and oxygen atoms in total. The third kappa shape index (κ3) is 2.79. The van der Waals surface area contributed by atoms with Crippen molar-refractivity contribution in [2.75, 3.05) is 11.1 Å². The molecule has 0 bridgehead atoms. The van der Waals surface area contributed by atoms with Gasteiger partial charge in [0.05, 0.1) is 22.8 Å². The summed E-state index contributed by atoms with van der Waals surface area (Å²) in [5, 5.41) is 12.4. The second-order valence-electron chi connectivity index (χ2n) is 4.04. The molecule has 0 amide bonds. The number of hydrogen-bond donors (Lipinski definition) is 3. The van der Waals surface area contributed by atoms with Gasteiger partial charge in [-0.1, -0.05) is 11.6 Å². The van der Waals surface area contributed by atoms with Crippen molar-refractivity contribution >= 4 is 28.9 Å². The summed E-state index contributed by atoms with van der Waals surface area (Å²) in [4.78, 5) is 15.3. The largest absolute Gasteiger partial charge is 0.478 e. The number of carbonyl (C=O) groups is 1. The van der Waals surface area contributed by atoms with Crippen LogP contribution < -0.4 is 11.1 Å². The number of nitrogens with zero attached hydrogens (tertiary/aromatic N) is 2. The van der Waals surface area contributed by atoms with Gasteiger partial charge in [0.15, 0.2) is 0 Å². The summed E-state index contributed by atoms with van der Waals surface area (Å²) >= 11 is 6.03. The molecule has 0 atom stereocenters. The highest BCUT2D eigenvalue weighted by atomic mass is 35.5. The minimum Gasteiger partial charge on any atom is -0.478 e. The normalized spacial score (nSPS) is 10.4. The Labute approximate surface area is 114 Å². The minimum absolute atomic E-state index is 0.0409. The molecule has 0 spiro atoms. The van der Waals surface area contributed by atoms with Crippen molar-refractivity contribution in [2.45, 2.75) is 6.54 Å². The number of hydrogen-bond acceptors (Lipinski definition) is 4. The van der Waals surface area contributed by atoms with E-state index in [1.54, 1.807) is 12.4 Å². The van der Waals surface area contributed by atoms with Crippen molar-refractivity contribution in [3.63, 3.8) is 0 Å². The average molecular weight is 281 g/mol. The van der Waals surface area contributed by atoms with Gasteiger partial charge in [0.2, 0.25) is 0 Å². The van der Waals surface area contributed by atoms with Crippen LogP contribution >= 0.6 is 11.6 Å². The molecule has 0 fully saturated rings. The van der Waals surface area contributed by atoms with Gasteiger partial charge in [0, 0.05) is 25.1 Å². The molecule has 0 radical (unpaired) electrons. The lowest BCUT2D eigenvalue weighted by Gasteiger charge is -2.12. The van der Waals surface area contributed by atoms with Crippen LogP contribution in [0.5, 0.6) is 0 Å². The molecule has 0 unspecified atom stereocenters. The Morgan fingerprint density at radius 1 is 1.58 bits per heavy atom. The lowest BCUT2D eigenvalue weighted by Crippen LogP contribution is -2.10. The number of anilines is 2. The molecule has 19 heavy (non-hydrogen) atoms. The third-order valence-electron chi connectivity index (χ3n) is 2.69. The van der Waals surface area contributed by atoms with E-state index >= 15 is 0 Å². The SMILES string of the molecule is Cn1ccnc1CNc1c(Cl)cc(N)cc1C(=O)O. The summed E-state index contributed by atoms with van der Waals surface area (Å²) in [5.41, 5.74) is 6.28. The molecular weight excluding hydrogens is 268 g/mol. The number of aryl methyl sites for hydroxylation is 1. The van der Waals surface area contributed by atoms with Crippen LogP contribution in [0.15, 0.2) is 24.5 Å². The molecule has 1 aromatic heterocycles. The number of aromatic nitrogens is 2. The smallest absolute Gasteiger partial charge is 0.337 e. The maximum atomic E-state index is 11.2. The van der Waals surface area contributed by atoms with E-state index < -0.39 is 5.97 Å². The maximum absolute atomic E-state index is 11.2. The van der Waals surface area contributed by atoms with Crippen molar-refractivity contribution < 1.29 is 9.90 Å². The number of nitrogens with one attached hydrogen (secondary N) is 1. The summed E-state index contributed by atoms with van der Waals surface area (Å²) in [6.45, 7) is 0.368. The van der Waals surface area contributed by atoms with Gasteiger partial charge < -0.3 is 20.7 Å². The van der Waals surface area contributed by atoms with Gasteiger partial charge in [-0.2, -0.15) is 0 Å². The second-order valence-corrected chi connectivity index (χ2v) is 4.45. The molecular formula is C12H13ClN4O2. The van der Waals surface area contributed by atoms with Crippen LogP contribution in [0.4, 0.5) is 11.4 Å². The lowest BCUT2D eigenvalue weighted by molar-refractivity contribution is 0.0698. The van der Waals surface area contributed by atoms with Crippen molar-refractivity contribution in [2.24, 2.45) is 7.05 Å². The average Bonchev–Trinajstić information content (AvgIpc) is 2.73. The number of halogens is 1. The first-order valence-corrected chi connectivity index (χ1v) is 5.89. The van der Waals surface area contributed by atoms with E-state index in [4.69, 9.17) is 22.4 Å². The van der Waals surface area contributed by atoms with E-state index in [1.165, 1.54) is 12.1 Å². The van der Waals surface area contributed by atoms with Gasteiger partial charge in [-0.05, 0) is 12.1 Å².